The normalized spacial score (nSPS) is 11.5. The second-order valence-electron chi connectivity index (χ2n) is 9.41. The molecule has 4 aromatic carbocycles. The molecule has 0 aromatic heterocycles. The summed E-state index contributed by atoms with van der Waals surface area (Å²) < 4.78 is 57.3. The summed E-state index contributed by atoms with van der Waals surface area (Å²) in [6.45, 7) is 3.68. The number of sulfone groups is 1. The van der Waals surface area contributed by atoms with Crippen molar-refractivity contribution in [3.63, 3.8) is 0 Å². The number of carbonyl (C=O) groups excluding carboxylic acids is 2. The van der Waals surface area contributed by atoms with Gasteiger partial charge < -0.3 is 10.1 Å². The summed E-state index contributed by atoms with van der Waals surface area (Å²) in [5, 5.41) is 2.41. The molecule has 0 spiro atoms. The maximum absolute atomic E-state index is 12.7. The van der Waals surface area contributed by atoms with Gasteiger partial charge in [0.15, 0.2) is 9.84 Å². The minimum absolute atomic E-state index is 0.0247. The number of sulfonamides is 1. The summed E-state index contributed by atoms with van der Waals surface area (Å²) >= 11 is 0. The molecule has 0 unspecified atom stereocenters. The lowest BCUT2D eigenvalue weighted by molar-refractivity contribution is 0.0472. The van der Waals surface area contributed by atoms with Gasteiger partial charge in [-0.15, -0.1) is 0 Å². The van der Waals surface area contributed by atoms with E-state index < -0.39 is 31.9 Å². The van der Waals surface area contributed by atoms with Gasteiger partial charge >= 0.3 is 12.0 Å². The fraction of sp³-hybridized carbons (Fsp3) is 0.133. The highest BCUT2D eigenvalue weighted by atomic mass is 32.2. The largest absolute Gasteiger partial charge is 0.457 e. The van der Waals surface area contributed by atoms with Gasteiger partial charge in [0.1, 0.15) is 6.61 Å². The Labute approximate surface area is 239 Å². The van der Waals surface area contributed by atoms with Crippen LogP contribution in [-0.2, 0) is 37.0 Å². The van der Waals surface area contributed by atoms with Crippen LogP contribution in [0.5, 0.6) is 0 Å². The summed E-state index contributed by atoms with van der Waals surface area (Å²) in [5.74, 6) is -0.749. The van der Waals surface area contributed by atoms with E-state index in [1.165, 1.54) is 36.4 Å². The molecule has 0 aliphatic carbocycles. The van der Waals surface area contributed by atoms with Crippen LogP contribution >= 0.6 is 0 Å². The van der Waals surface area contributed by atoms with Crippen molar-refractivity contribution < 1.29 is 31.2 Å². The van der Waals surface area contributed by atoms with E-state index in [9.17, 15) is 26.4 Å². The maximum atomic E-state index is 12.7. The monoisotopic (exact) mass is 592 g/mol. The fourth-order valence-corrected chi connectivity index (χ4v) is 6.01. The van der Waals surface area contributed by atoms with Gasteiger partial charge in [0.25, 0.3) is 10.0 Å². The van der Waals surface area contributed by atoms with Gasteiger partial charge in [0, 0.05) is 5.69 Å². The molecule has 4 aromatic rings. The Balaban J connectivity index is 1.28. The molecule has 212 valence electrons. The van der Waals surface area contributed by atoms with E-state index in [1.807, 2.05) is 18.6 Å². The average molecular weight is 593 g/mol. The van der Waals surface area contributed by atoms with Crippen molar-refractivity contribution in [2.45, 2.75) is 36.0 Å². The van der Waals surface area contributed by atoms with Crippen LogP contribution in [0.4, 0.5) is 10.5 Å². The summed E-state index contributed by atoms with van der Waals surface area (Å²) in [4.78, 5) is 24.9. The van der Waals surface area contributed by atoms with E-state index in [-0.39, 0.29) is 33.4 Å². The highest BCUT2D eigenvalue weighted by molar-refractivity contribution is 7.90. The van der Waals surface area contributed by atoms with Crippen LogP contribution in [0.3, 0.4) is 0 Å². The SMILES string of the molecule is Cc1ccc(S(=O)(=O)Cc2ccc(COC(=O)c3ccc(NC(=O)NS(=O)(=O)c4ccc(C)cc4)cc3)cc2)cc1. The zero-order chi connectivity index (χ0) is 29.6. The van der Waals surface area contributed by atoms with Crippen LogP contribution in [0.15, 0.2) is 107 Å². The van der Waals surface area contributed by atoms with E-state index >= 15 is 0 Å². The van der Waals surface area contributed by atoms with Crippen molar-refractivity contribution in [3.05, 3.63) is 125 Å². The molecule has 0 fully saturated rings. The number of amides is 2. The van der Waals surface area contributed by atoms with E-state index in [0.29, 0.717) is 11.1 Å². The average Bonchev–Trinajstić information content (AvgIpc) is 2.93. The second-order valence-corrected chi connectivity index (χ2v) is 13.1. The minimum Gasteiger partial charge on any atom is -0.457 e. The fourth-order valence-electron chi connectivity index (χ4n) is 3.76. The molecule has 0 heterocycles. The van der Waals surface area contributed by atoms with Gasteiger partial charge in [-0.25, -0.2) is 31.1 Å². The molecule has 0 bridgehead atoms. The molecule has 0 radical (unpaired) electrons. The smallest absolute Gasteiger partial charge is 0.338 e. The van der Waals surface area contributed by atoms with Crippen LogP contribution in [-0.4, -0.2) is 28.8 Å². The number of hydrogen-bond donors (Lipinski definition) is 2. The molecular formula is C30H28N2O7S2. The van der Waals surface area contributed by atoms with Crippen molar-refractivity contribution >= 4 is 37.5 Å². The lowest BCUT2D eigenvalue weighted by Gasteiger charge is -2.10. The van der Waals surface area contributed by atoms with Crippen LogP contribution in [0.1, 0.15) is 32.6 Å². The molecule has 0 saturated carbocycles. The Bertz CT molecular complexity index is 1750. The Hall–Kier alpha value is -4.48. The number of ether oxygens (including phenoxy) is 1. The lowest BCUT2D eigenvalue weighted by atomic mass is 10.1. The molecule has 2 N–H and O–H groups in total. The van der Waals surface area contributed by atoms with Crippen LogP contribution in [0.2, 0.25) is 0 Å². The Kier molecular flexibility index (Phi) is 8.89. The minimum atomic E-state index is -4.04. The Morgan fingerprint density at radius 3 is 1.73 bits per heavy atom. The van der Waals surface area contributed by atoms with Crippen molar-refractivity contribution in [2.75, 3.05) is 5.32 Å². The molecule has 11 heteroatoms. The quantitative estimate of drug-likeness (QED) is 0.257. The maximum Gasteiger partial charge on any atom is 0.338 e. The van der Waals surface area contributed by atoms with E-state index in [0.717, 1.165) is 11.1 Å². The zero-order valence-electron chi connectivity index (χ0n) is 22.3. The number of anilines is 1. The van der Waals surface area contributed by atoms with Crippen LogP contribution in [0.25, 0.3) is 0 Å². The highest BCUT2D eigenvalue weighted by Crippen LogP contribution is 2.18. The van der Waals surface area contributed by atoms with Gasteiger partial charge in [-0.2, -0.15) is 0 Å². The lowest BCUT2D eigenvalue weighted by Crippen LogP contribution is -2.34. The van der Waals surface area contributed by atoms with E-state index in [4.69, 9.17) is 4.74 Å². The third kappa shape index (κ3) is 8.03. The molecule has 0 atom stereocenters. The predicted octanol–water partition coefficient (Wildman–Crippen LogP) is 5.14. The second kappa shape index (κ2) is 12.4. The van der Waals surface area contributed by atoms with Gasteiger partial charge in [-0.3, -0.25) is 0 Å². The van der Waals surface area contributed by atoms with Gasteiger partial charge in [-0.05, 0) is 73.5 Å². The Morgan fingerprint density at radius 2 is 1.17 bits per heavy atom. The number of nitrogens with one attached hydrogen (secondary N) is 2. The molecule has 4 rings (SSSR count). The number of benzene rings is 4. The summed E-state index contributed by atoms with van der Waals surface area (Å²) in [5.41, 5.74) is 3.65. The number of hydrogen-bond acceptors (Lipinski definition) is 7. The summed E-state index contributed by atoms with van der Waals surface area (Å²) in [6.07, 6.45) is 0. The third-order valence-electron chi connectivity index (χ3n) is 6.07. The predicted molar refractivity (Wildman–Crippen MR) is 155 cm³/mol. The highest BCUT2D eigenvalue weighted by Gasteiger charge is 2.18. The van der Waals surface area contributed by atoms with E-state index in [1.54, 1.807) is 60.7 Å². The first-order valence-corrected chi connectivity index (χ1v) is 15.6. The third-order valence-corrected chi connectivity index (χ3v) is 9.12. The topological polar surface area (TPSA) is 136 Å². The number of urea groups is 1. The first kappa shape index (κ1) is 29.5. The summed E-state index contributed by atoms with van der Waals surface area (Å²) in [6, 6.07) is 24.3. The standard InChI is InChI=1S/C30H28N2O7S2/c1-21-3-15-27(16-4-21)40(35,36)20-24-9-7-23(8-10-24)19-39-29(33)25-11-13-26(14-12-25)31-30(34)32-41(37,38)28-17-5-22(2)6-18-28/h3-18H,19-20H2,1-2H3,(H2,31,32,34). The number of rotatable bonds is 9. The van der Waals surface area contributed by atoms with Crippen molar-refractivity contribution in [1.29, 1.82) is 0 Å². The Morgan fingerprint density at radius 1 is 0.659 bits per heavy atom. The molecule has 41 heavy (non-hydrogen) atoms. The number of esters is 1. The van der Waals surface area contributed by atoms with Gasteiger partial charge in [0.05, 0.1) is 21.1 Å². The molecule has 9 nitrogen and oxygen atoms in total. The molecule has 0 aliphatic rings. The number of aryl methyl sites for hydroxylation is 2. The molecule has 0 aliphatic heterocycles. The van der Waals surface area contributed by atoms with Crippen molar-refractivity contribution in [3.8, 4) is 0 Å². The first-order valence-electron chi connectivity index (χ1n) is 12.5. The van der Waals surface area contributed by atoms with Crippen molar-refractivity contribution in [2.24, 2.45) is 0 Å². The first-order chi connectivity index (χ1) is 19.4. The molecule has 2 amide bonds. The van der Waals surface area contributed by atoms with E-state index in [2.05, 4.69) is 5.32 Å². The van der Waals surface area contributed by atoms with Crippen LogP contribution in [0, 0.1) is 13.8 Å². The van der Waals surface area contributed by atoms with Crippen LogP contribution < -0.4 is 10.0 Å². The van der Waals surface area contributed by atoms with Gasteiger partial charge in [-0.1, -0.05) is 59.7 Å². The zero-order valence-corrected chi connectivity index (χ0v) is 24.0. The molecular weight excluding hydrogens is 564 g/mol. The summed E-state index contributed by atoms with van der Waals surface area (Å²) in [7, 11) is -7.53. The van der Waals surface area contributed by atoms with Gasteiger partial charge in [0.2, 0.25) is 0 Å². The number of carbonyl (C=O) groups is 2. The molecule has 0 saturated heterocycles. The van der Waals surface area contributed by atoms with Crippen molar-refractivity contribution in [1.82, 2.24) is 4.72 Å².